The quantitative estimate of drug-likeness (QED) is 0.707. The van der Waals surface area contributed by atoms with E-state index in [2.05, 4.69) is 17.6 Å². The van der Waals surface area contributed by atoms with Crippen molar-refractivity contribution in [2.24, 2.45) is 0 Å². The zero-order chi connectivity index (χ0) is 9.80. The van der Waals surface area contributed by atoms with Gasteiger partial charge in [0, 0.05) is 18.7 Å². The van der Waals surface area contributed by atoms with Crippen molar-refractivity contribution in [2.75, 3.05) is 19.7 Å². The molecule has 0 spiro atoms. The predicted octanol–water partition coefficient (Wildman–Crippen LogP) is 0.895. The van der Waals surface area contributed by atoms with Crippen molar-refractivity contribution < 1.29 is 4.74 Å². The molecule has 0 saturated carbocycles. The molecule has 2 fully saturated rings. The normalized spacial score (nSPS) is 31.9. The Morgan fingerprint density at radius 2 is 2.07 bits per heavy atom. The van der Waals surface area contributed by atoms with Crippen LogP contribution in [0.2, 0.25) is 0 Å². The number of rotatable bonds is 3. The smallest absolute Gasteiger partial charge is 0.0726 e. The second kappa shape index (κ2) is 5.10. The summed E-state index contributed by atoms with van der Waals surface area (Å²) in [7, 11) is 0. The highest BCUT2D eigenvalue weighted by atomic mass is 16.5. The maximum absolute atomic E-state index is 5.68. The van der Waals surface area contributed by atoms with Crippen LogP contribution >= 0.6 is 0 Å². The maximum atomic E-state index is 5.68. The summed E-state index contributed by atoms with van der Waals surface area (Å²) in [5.41, 5.74) is 0. The maximum Gasteiger partial charge on any atom is 0.0726 e. The molecule has 0 aromatic heterocycles. The third-order valence-electron chi connectivity index (χ3n) is 3.36. The van der Waals surface area contributed by atoms with Gasteiger partial charge in [0.15, 0.2) is 0 Å². The van der Waals surface area contributed by atoms with Crippen LogP contribution < -0.4 is 10.6 Å². The highest BCUT2D eigenvalue weighted by Crippen LogP contribution is 2.16. The Hall–Kier alpha value is -0.120. The van der Waals surface area contributed by atoms with Gasteiger partial charge in [0.1, 0.15) is 0 Å². The molecule has 3 heteroatoms. The Bertz CT molecular complexity index is 163. The van der Waals surface area contributed by atoms with Crippen LogP contribution in [0.5, 0.6) is 0 Å². The number of ether oxygens (including phenoxy) is 1. The summed E-state index contributed by atoms with van der Waals surface area (Å²) in [6, 6.07) is 1.23. The van der Waals surface area contributed by atoms with E-state index in [4.69, 9.17) is 4.74 Å². The first kappa shape index (κ1) is 10.4. The number of hydrogen-bond acceptors (Lipinski definition) is 3. The third-order valence-corrected chi connectivity index (χ3v) is 3.36. The van der Waals surface area contributed by atoms with Crippen LogP contribution in [-0.4, -0.2) is 37.9 Å². The van der Waals surface area contributed by atoms with Gasteiger partial charge in [0.2, 0.25) is 0 Å². The van der Waals surface area contributed by atoms with Gasteiger partial charge in [-0.2, -0.15) is 0 Å². The van der Waals surface area contributed by atoms with E-state index in [0.717, 1.165) is 19.7 Å². The Morgan fingerprint density at radius 1 is 1.29 bits per heavy atom. The first-order chi connectivity index (χ1) is 6.86. The SMILES string of the molecule is CC(NC1CCNCC1)C1CCCO1. The molecule has 14 heavy (non-hydrogen) atoms. The van der Waals surface area contributed by atoms with Crippen molar-refractivity contribution in [3.8, 4) is 0 Å². The van der Waals surface area contributed by atoms with Crippen molar-refractivity contribution in [3.05, 3.63) is 0 Å². The van der Waals surface area contributed by atoms with E-state index >= 15 is 0 Å². The summed E-state index contributed by atoms with van der Waals surface area (Å²) in [5.74, 6) is 0. The highest BCUT2D eigenvalue weighted by Gasteiger charge is 2.24. The van der Waals surface area contributed by atoms with Crippen LogP contribution in [0, 0.1) is 0 Å². The molecule has 0 radical (unpaired) electrons. The molecule has 2 aliphatic heterocycles. The van der Waals surface area contributed by atoms with Gasteiger partial charge in [-0.25, -0.2) is 0 Å². The Balaban J connectivity index is 1.72. The summed E-state index contributed by atoms with van der Waals surface area (Å²) >= 11 is 0. The van der Waals surface area contributed by atoms with Crippen LogP contribution in [0.3, 0.4) is 0 Å². The van der Waals surface area contributed by atoms with E-state index in [9.17, 15) is 0 Å². The van der Waals surface area contributed by atoms with Gasteiger partial charge in [-0.15, -0.1) is 0 Å². The van der Waals surface area contributed by atoms with Crippen molar-refractivity contribution >= 4 is 0 Å². The van der Waals surface area contributed by atoms with Gasteiger partial charge >= 0.3 is 0 Å². The minimum Gasteiger partial charge on any atom is -0.377 e. The molecule has 2 unspecified atom stereocenters. The molecule has 2 N–H and O–H groups in total. The minimum atomic E-state index is 0.463. The van der Waals surface area contributed by atoms with Crippen LogP contribution in [0.25, 0.3) is 0 Å². The fraction of sp³-hybridized carbons (Fsp3) is 1.00. The molecule has 0 aliphatic carbocycles. The van der Waals surface area contributed by atoms with Gasteiger partial charge in [-0.1, -0.05) is 0 Å². The molecule has 2 rings (SSSR count). The molecule has 2 heterocycles. The average Bonchev–Trinajstić information content (AvgIpc) is 2.72. The number of piperidine rings is 1. The van der Waals surface area contributed by atoms with Crippen LogP contribution in [0.4, 0.5) is 0 Å². The minimum absolute atomic E-state index is 0.463. The van der Waals surface area contributed by atoms with E-state index in [1.807, 2.05) is 0 Å². The van der Waals surface area contributed by atoms with Gasteiger partial charge in [0.25, 0.3) is 0 Å². The number of nitrogens with one attached hydrogen (secondary N) is 2. The molecule has 3 nitrogen and oxygen atoms in total. The molecule has 0 aromatic carbocycles. The number of hydrogen-bond donors (Lipinski definition) is 2. The van der Waals surface area contributed by atoms with Crippen LogP contribution in [0.1, 0.15) is 32.6 Å². The zero-order valence-corrected chi connectivity index (χ0v) is 9.09. The fourth-order valence-corrected chi connectivity index (χ4v) is 2.46. The second-order valence-corrected chi connectivity index (χ2v) is 4.53. The summed E-state index contributed by atoms with van der Waals surface area (Å²) < 4.78 is 5.68. The second-order valence-electron chi connectivity index (χ2n) is 4.53. The zero-order valence-electron chi connectivity index (χ0n) is 9.09. The molecular weight excluding hydrogens is 176 g/mol. The topological polar surface area (TPSA) is 33.3 Å². The summed E-state index contributed by atoms with van der Waals surface area (Å²) in [4.78, 5) is 0. The molecule has 0 aromatic rings. The fourth-order valence-electron chi connectivity index (χ4n) is 2.46. The first-order valence-corrected chi connectivity index (χ1v) is 5.94. The highest BCUT2D eigenvalue weighted by molar-refractivity contribution is 4.82. The Kier molecular flexibility index (Phi) is 3.79. The van der Waals surface area contributed by atoms with Crippen molar-refractivity contribution in [1.29, 1.82) is 0 Å². The molecule has 0 bridgehead atoms. The molecular formula is C11H22N2O. The summed E-state index contributed by atoms with van der Waals surface area (Å²) in [6.07, 6.45) is 5.46. The van der Waals surface area contributed by atoms with E-state index in [0.29, 0.717) is 18.2 Å². The van der Waals surface area contributed by atoms with E-state index in [1.54, 1.807) is 0 Å². The van der Waals surface area contributed by atoms with Crippen molar-refractivity contribution in [2.45, 2.75) is 50.8 Å². The molecule has 82 valence electrons. The molecule has 2 aliphatic rings. The predicted molar refractivity (Wildman–Crippen MR) is 57.5 cm³/mol. The van der Waals surface area contributed by atoms with Gasteiger partial charge in [0.05, 0.1) is 6.10 Å². The lowest BCUT2D eigenvalue weighted by Gasteiger charge is -2.29. The van der Waals surface area contributed by atoms with Crippen molar-refractivity contribution in [3.63, 3.8) is 0 Å². The van der Waals surface area contributed by atoms with Crippen molar-refractivity contribution in [1.82, 2.24) is 10.6 Å². The Morgan fingerprint density at radius 3 is 2.71 bits per heavy atom. The van der Waals surface area contributed by atoms with Gasteiger partial charge in [-0.05, 0) is 45.7 Å². The van der Waals surface area contributed by atoms with E-state index in [1.165, 1.54) is 25.7 Å². The lowest BCUT2D eigenvalue weighted by atomic mass is 10.0. The third kappa shape index (κ3) is 2.69. The standard InChI is InChI=1S/C11H22N2O/c1-9(11-3-2-8-14-11)13-10-4-6-12-7-5-10/h9-13H,2-8H2,1H3. The van der Waals surface area contributed by atoms with E-state index in [-0.39, 0.29) is 0 Å². The largest absolute Gasteiger partial charge is 0.377 e. The monoisotopic (exact) mass is 198 g/mol. The Labute approximate surface area is 86.6 Å². The first-order valence-electron chi connectivity index (χ1n) is 5.94. The lowest BCUT2D eigenvalue weighted by Crippen LogP contribution is -2.47. The molecule has 2 saturated heterocycles. The van der Waals surface area contributed by atoms with E-state index < -0.39 is 0 Å². The molecule has 2 atom stereocenters. The summed E-state index contributed by atoms with van der Waals surface area (Å²) in [5, 5.41) is 7.08. The average molecular weight is 198 g/mol. The van der Waals surface area contributed by atoms with Gasteiger partial charge in [-0.3, -0.25) is 0 Å². The van der Waals surface area contributed by atoms with Crippen LogP contribution in [-0.2, 0) is 4.74 Å². The summed E-state index contributed by atoms with van der Waals surface area (Å²) in [6.45, 7) is 5.55. The van der Waals surface area contributed by atoms with Gasteiger partial charge < -0.3 is 15.4 Å². The molecule has 0 amide bonds. The van der Waals surface area contributed by atoms with Crippen LogP contribution in [0.15, 0.2) is 0 Å². The lowest BCUT2D eigenvalue weighted by molar-refractivity contribution is 0.0779.